The van der Waals surface area contributed by atoms with Crippen molar-refractivity contribution in [2.45, 2.75) is 37.5 Å². The number of anilines is 1. The van der Waals surface area contributed by atoms with E-state index in [2.05, 4.69) is 21.0 Å². The monoisotopic (exact) mass is 338 g/mol. The van der Waals surface area contributed by atoms with E-state index in [1.807, 2.05) is 24.3 Å². The zero-order chi connectivity index (χ0) is 17.3. The molecule has 2 aliphatic carbocycles. The topological polar surface area (TPSA) is 76.1 Å². The van der Waals surface area contributed by atoms with Gasteiger partial charge in [-0.3, -0.25) is 15.6 Å². The minimum atomic E-state index is -0.484. The number of hydrogen-bond donors (Lipinski definition) is 2. The lowest BCUT2D eigenvalue weighted by Gasteiger charge is -2.60. The number of nitrogens with zero attached hydrogens (tertiary/aromatic N) is 2. The van der Waals surface area contributed by atoms with Gasteiger partial charge in [-0.25, -0.2) is 0 Å². The second kappa shape index (κ2) is 6.02. The molecule has 2 aliphatic rings. The van der Waals surface area contributed by atoms with Crippen LogP contribution in [0.2, 0.25) is 0 Å². The fourth-order valence-electron chi connectivity index (χ4n) is 4.27. The van der Waals surface area contributed by atoms with Crippen LogP contribution in [-0.4, -0.2) is 23.2 Å². The Balaban J connectivity index is 1.54. The van der Waals surface area contributed by atoms with Crippen LogP contribution in [0.25, 0.3) is 0 Å². The minimum absolute atomic E-state index is 0.0131. The molecule has 2 saturated carbocycles. The first-order valence-electron chi connectivity index (χ1n) is 8.65. The van der Waals surface area contributed by atoms with E-state index in [1.54, 1.807) is 25.4 Å². The van der Waals surface area contributed by atoms with Gasteiger partial charge in [-0.2, -0.15) is 5.10 Å². The van der Waals surface area contributed by atoms with Gasteiger partial charge < -0.3 is 4.74 Å². The predicted octanol–water partition coefficient (Wildman–Crippen LogP) is 2.83. The second-order valence-corrected chi connectivity index (χ2v) is 7.21. The first-order chi connectivity index (χ1) is 12.2. The zero-order valence-corrected chi connectivity index (χ0v) is 14.3. The molecular formula is C19H22N4O2. The molecule has 0 unspecified atom stereocenters. The number of hydrogen-bond acceptors (Lipinski definition) is 5. The Morgan fingerprint density at radius 2 is 1.92 bits per heavy atom. The van der Waals surface area contributed by atoms with Gasteiger partial charge in [0, 0.05) is 6.20 Å². The summed E-state index contributed by atoms with van der Waals surface area (Å²) in [6.07, 6.45) is 7.14. The van der Waals surface area contributed by atoms with Crippen LogP contribution in [-0.2, 0) is 10.2 Å². The summed E-state index contributed by atoms with van der Waals surface area (Å²) >= 11 is 0. The van der Waals surface area contributed by atoms with Crippen molar-refractivity contribution in [2.24, 2.45) is 5.41 Å². The summed E-state index contributed by atoms with van der Waals surface area (Å²) in [6.45, 7) is 0. The fourth-order valence-corrected chi connectivity index (χ4v) is 4.27. The highest BCUT2D eigenvalue weighted by atomic mass is 16.5. The van der Waals surface area contributed by atoms with Crippen LogP contribution in [0.15, 0.2) is 42.6 Å². The van der Waals surface area contributed by atoms with E-state index in [0.717, 1.165) is 24.2 Å². The highest BCUT2D eigenvalue weighted by molar-refractivity contribution is 5.90. The van der Waals surface area contributed by atoms with Gasteiger partial charge in [0.25, 0.3) is 0 Å². The molecule has 0 bridgehead atoms. The van der Waals surface area contributed by atoms with Crippen LogP contribution in [0, 0.1) is 5.41 Å². The van der Waals surface area contributed by atoms with Crippen LogP contribution in [0.1, 0.15) is 37.7 Å². The van der Waals surface area contributed by atoms with E-state index in [9.17, 15) is 4.79 Å². The van der Waals surface area contributed by atoms with Crippen molar-refractivity contribution < 1.29 is 9.53 Å². The van der Waals surface area contributed by atoms with E-state index in [1.165, 1.54) is 19.3 Å². The van der Waals surface area contributed by atoms with E-state index < -0.39 is 5.41 Å². The molecule has 1 heterocycles. The minimum Gasteiger partial charge on any atom is -0.497 e. The molecule has 2 aromatic rings. The van der Waals surface area contributed by atoms with E-state index in [4.69, 9.17) is 4.74 Å². The largest absolute Gasteiger partial charge is 0.497 e. The smallest absolute Gasteiger partial charge is 0.249 e. The number of hydrazine groups is 1. The second-order valence-electron chi connectivity index (χ2n) is 7.21. The standard InChI is InChI=1S/C19H22N4O2/c1-25-15-7-5-14(6-8-15)19(12-18(13-19)9-3-10-18)17(24)23-22-16-4-2-11-20-21-16/h2,4-8,11H,3,9-10,12-13H2,1H3,(H,21,22)(H,23,24). The van der Waals surface area contributed by atoms with Crippen molar-refractivity contribution in [3.05, 3.63) is 48.2 Å². The number of aromatic nitrogens is 2. The molecule has 0 radical (unpaired) electrons. The van der Waals surface area contributed by atoms with Crippen molar-refractivity contribution in [3.63, 3.8) is 0 Å². The quantitative estimate of drug-likeness (QED) is 0.820. The molecule has 0 atom stereocenters. The molecule has 4 rings (SSSR count). The van der Waals surface area contributed by atoms with Gasteiger partial charge in [-0.15, -0.1) is 5.10 Å². The van der Waals surface area contributed by atoms with Gasteiger partial charge in [0.1, 0.15) is 5.75 Å². The van der Waals surface area contributed by atoms with E-state index in [-0.39, 0.29) is 5.91 Å². The summed E-state index contributed by atoms with van der Waals surface area (Å²) in [4.78, 5) is 13.1. The van der Waals surface area contributed by atoms with Crippen LogP contribution >= 0.6 is 0 Å². The Kier molecular flexibility index (Phi) is 3.82. The summed E-state index contributed by atoms with van der Waals surface area (Å²) in [6, 6.07) is 11.4. The molecule has 1 spiro atoms. The first kappa shape index (κ1) is 15.9. The van der Waals surface area contributed by atoms with Crippen LogP contribution < -0.4 is 15.6 Å². The molecule has 25 heavy (non-hydrogen) atoms. The number of benzene rings is 1. The van der Waals surface area contributed by atoms with Gasteiger partial charge in [-0.1, -0.05) is 18.6 Å². The summed E-state index contributed by atoms with van der Waals surface area (Å²) < 4.78 is 5.24. The van der Waals surface area contributed by atoms with Gasteiger partial charge >= 0.3 is 0 Å². The van der Waals surface area contributed by atoms with Crippen molar-refractivity contribution in [2.75, 3.05) is 12.5 Å². The molecule has 130 valence electrons. The highest BCUT2D eigenvalue weighted by Gasteiger charge is 2.61. The molecule has 0 aliphatic heterocycles. The number of carbonyl (C=O) groups is 1. The lowest BCUT2D eigenvalue weighted by Crippen LogP contribution is -2.61. The zero-order valence-electron chi connectivity index (χ0n) is 14.3. The fraction of sp³-hybridized carbons (Fsp3) is 0.421. The number of rotatable bonds is 5. The number of methoxy groups -OCH3 is 1. The average Bonchev–Trinajstić information content (AvgIpc) is 2.59. The normalized spacial score (nSPS) is 19.4. The first-order valence-corrected chi connectivity index (χ1v) is 8.65. The number of nitrogens with one attached hydrogen (secondary N) is 2. The Morgan fingerprint density at radius 1 is 1.16 bits per heavy atom. The Hall–Kier alpha value is -2.63. The van der Waals surface area contributed by atoms with E-state index >= 15 is 0 Å². The maximum atomic E-state index is 13.1. The summed E-state index contributed by atoms with van der Waals surface area (Å²) in [5.74, 6) is 1.31. The summed E-state index contributed by atoms with van der Waals surface area (Å²) in [7, 11) is 1.65. The molecular weight excluding hydrogens is 316 g/mol. The number of carbonyl (C=O) groups excluding carboxylic acids is 1. The average molecular weight is 338 g/mol. The van der Waals surface area contributed by atoms with Gasteiger partial charge in [-0.05, 0) is 60.9 Å². The lowest BCUT2D eigenvalue weighted by molar-refractivity contribution is -0.141. The third kappa shape index (κ3) is 2.71. The van der Waals surface area contributed by atoms with Crippen LogP contribution in [0.4, 0.5) is 5.82 Å². The third-order valence-corrected chi connectivity index (χ3v) is 5.72. The summed E-state index contributed by atoms with van der Waals surface area (Å²) in [5, 5.41) is 7.74. The molecule has 6 nitrogen and oxygen atoms in total. The van der Waals surface area contributed by atoms with Crippen LogP contribution in [0.3, 0.4) is 0 Å². The van der Waals surface area contributed by atoms with Gasteiger partial charge in [0.15, 0.2) is 5.82 Å². The maximum Gasteiger partial charge on any atom is 0.249 e. The molecule has 2 fully saturated rings. The van der Waals surface area contributed by atoms with Gasteiger partial charge in [0.2, 0.25) is 5.91 Å². The lowest BCUT2D eigenvalue weighted by atomic mass is 9.43. The molecule has 2 N–H and O–H groups in total. The predicted molar refractivity (Wildman–Crippen MR) is 94.0 cm³/mol. The highest BCUT2D eigenvalue weighted by Crippen LogP contribution is 2.65. The number of ether oxygens (including phenoxy) is 1. The Morgan fingerprint density at radius 3 is 2.48 bits per heavy atom. The molecule has 1 amide bonds. The van der Waals surface area contributed by atoms with Crippen molar-refractivity contribution in [1.82, 2.24) is 15.6 Å². The molecule has 0 saturated heterocycles. The van der Waals surface area contributed by atoms with Crippen molar-refractivity contribution in [3.8, 4) is 5.75 Å². The molecule has 1 aromatic heterocycles. The Bertz CT molecular complexity index is 749. The molecule has 6 heteroatoms. The number of amides is 1. The van der Waals surface area contributed by atoms with Gasteiger partial charge in [0.05, 0.1) is 12.5 Å². The Labute approximate surface area is 147 Å². The molecule has 1 aromatic carbocycles. The SMILES string of the molecule is COc1ccc(C2(C(=O)NNc3cccnn3)CC3(CCC3)C2)cc1. The van der Waals surface area contributed by atoms with Crippen LogP contribution in [0.5, 0.6) is 5.75 Å². The summed E-state index contributed by atoms with van der Waals surface area (Å²) in [5.41, 5.74) is 6.63. The van der Waals surface area contributed by atoms with E-state index in [0.29, 0.717) is 11.2 Å². The van der Waals surface area contributed by atoms with Crippen molar-refractivity contribution in [1.29, 1.82) is 0 Å². The van der Waals surface area contributed by atoms with Crippen molar-refractivity contribution >= 4 is 11.7 Å². The maximum absolute atomic E-state index is 13.1. The third-order valence-electron chi connectivity index (χ3n) is 5.72.